The van der Waals surface area contributed by atoms with Crippen molar-refractivity contribution >= 4 is 16.8 Å². The highest BCUT2D eigenvalue weighted by molar-refractivity contribution is 5.82. The number of nitrogens with one attached hydrogen (secondary N) is 1. The number of carbonyl (C=O) groups is 1. The first-order valence-electron chi connectivity index (χ1n) is 7.32. The van der Waals surface area contributed by atoms with E-state index in [1.54, 1.807) is 0 Å². The van der Waals surface area contributed by atoms with Crippen molar-refractivity contribution in [2.45, 2.75) is 39.5 Å². The van der Waals surface area contributed by atoms with Gasteiger partial charge < -0.3 is 5.32 Å². The lowest BCUT2D eigenvalue weighted by Crippen LogP contribution is -2.26. The van der Waals surface area contributed by atoms with E-state index in [0.29, 0.717) is 6.42 Å². The maximum Gasteiger partial charge on any atom is 0.226 e. The Kier molecular flexibility index (Phi) is 5.10. The molecule has 3 heteroatoms. The molecule has 0 aliphatic rings. The first kappa shape index (κ1) is 14.5. The summed E-state index contributed by atoms with van der Waals surface area (Å²) < 4.78 is 0. The summed E-state index contributed by atoms with van der Waals surface area (Å²) in [5.74, 6) is 0.0556. The molecular formula is C17H22N2O. The van der Waals surface area contributed by atoms with Crippen molar-refractivity contribution in [3.8, 4) is 0 Å². The van der Waals surface area contributed by atoms with Gasteiger partial charge in [0, 0.05) is 11.9 Å². The van der Waals surface area contributed by atoms with Crippen molar-refractivity contribution in [3.63, 3.8) is 0 Å². The number of unbranched alkanes of at least 4 members (excludes halogenated alkanes) is 2. The fourth-order valence-corrected chi connectivity index (χ4v) is 2.22. The van der Waals surface area contributed by atoms with E-state index in [-0.39, 0.29) is 5.91 Å². The molecule has 0 radical (unpaired) electrons. The van der Waals surface area contributed by atoms with Gasteiger partial charge in [0.25, 0.3) is 0 Å². The number of aromatic nitrogens is 1. The highest BCUT2D eigenvalue weighted by Crippen LogP contribution is 2.14. The van der Waals surface area contributed by atoms with E-state index in [9.17, 15) is 4.79 Å². The van der Waals surface area contributed by atoms with E-state index in [2.05, 4.69) is 30.2 Å². The lowest BCUT2D eigenvalue weighted by Gasteiger charge is -2.06. The summed E-state index contributed by atoms with van der Waals surface area (Å²) in [6, 6.07) is 10.1. The first-order chi connectivity index (χ1) is 9.69. The minimum Gasteiger partial charge on any atom is -0.356 e. The highest BCUT2D eigenvalue weighted by atomic mass is 16.1. The molecule has 2 aromatic rings. The van der Waals surface area contributed by atoms with Gasteiger partial charge in [-0.1, -0.05) is 37.5 Å². The van der Waals surface area contributed by atoms with Crippen molar-refractivity contribution in [2.24, 2.45) is 0 Å². The Balaban J connectivity index is 1.96. The molecule has 1 amide bonds. The molecule has 0 unspecified atom stereocenters. The Hall–Kier alpha value is -1.90. The summed E-state index contributed by atoms with van der Waals surface area (Å²) in [6.07, 6.45) is 3.73. The van der Waals surface area contributed by atoms with Gasteiger partial charge in [-0.15, -0.1) is 0 Å². The highest BCUT2D eigenvalue weighted by Gasteiger charge is 2.05. The SMILES string of the molecule is CCCCCNC(=O)Cc1ccc2cc(C)ccc2n1. The van der Waals surface area contributed by atoms with Gasteiger partial charge in [0.15, 0.2) is 0 Å². The minimum absolute atomic E-state index is 0.0556. The van der Waals surface area contributed by atoms with Gasteiger partial charge in [-0.25, -0.2) is 0 Å². The summed E-state index contributed by atoms with van der Waals surface area (Å²) in [7, 11) is 0. The van der Waals surface area contributed by atoms with Gasteiger partial charge in [0.1, 0.15) is 0 Å². The van der Waals surface area contributed by atoms with E-state index >= 15 is 0 Å². The van der Waals surface area contributed by atoms with Gasteiger partial charge in [-0.2, -0.15) is 0 Å². The Bertz CT molecular complexity index is 593. The summed E-state index contributed by atoms with van der Waals surface area (Å²) in [5.41, 5.74) is 3.00. The molecule has 1 aromatic heterocycles. The molecule has 0 aliphatic carbocycles. The standard InChI is InChI=1S/C17H22N2O/c1-3-4-5-10-18-17(20)12-15-8-7-14-11-13(2)6-9-16(14)19-15/h6-9,11H,3-5,10,12H2,1-2H3,(H,18,20). The molecule has 1 heterocycles. The minimum atomic E-state index is 0.0556. The third kappa shape index (κ3) is 4.05. The van der Waals surface area contributed by atoms with Crippen LogP contribution in [0, 0.1) is 6.92 Å². The van der Waals surface area contributed by atoms with Gasteiger partial charge in [-0.05, 0) is 31.5 Å². The van der Waals surface area contributed by atoms with E-state index in [1.165, 1.54) is 12.0 Å². The van der Waals surface area contributed by atoms with Crippen LogP contribution in [-0.4, -0.2) is 17.4 Å². The lowest BCUT2D eigenvalue weighted by atomic mass is 10.1. The monoisotopic (exact) mass is 270 g/mol. The molecule has 0 spiro atoms. The number of pyridine rings is 1. The molecule has 1 N–H and O–H groups in total. The zero-order valence-corrected chi connectivity index (χ0v) is 12.3. The molecule has 0 saturated carbocycles. The Morgan fingerprint density at radius 1 is 1.20 bits per heavy atom. The summed E-state index contributed by atoms with van der Waals surface area (Å²) in [6.45, 7) is 4.99. The maximum atomic E-state index is 11.8. The third-order valence-corrected chi connectivity index (χ3v) is 3.35. The predicted octanol–water partition coefficient (Wildman–Crippen LogP) is 3.39. The van der Waals surface area contributed by atoms with E-state index in [1.807, 2.05) is 24.3 Å². The maximum absolute atomic E-state index is 11.8. The second kappa shape index (κ2) is 7.04. The van der Waals surface area contributed by atoms with E-state index in [0.717, 1.165) is 36.0 Å². The van der Waals surface area contributed by atoms with Gasteiger partial charge in [0.2, 0.25) is 5.91 Å². The van der Waals surface area contributed by atoms with Gasteiger partial charge >= 0.3 is 0 Å². The smallest absolute Gasteiger partial charge is 0.226 e. The van der Waals surface area contributed by atoms with Gasteiger partial charge in [0.05, 0.1) is 17.6 Å². The first-order valence-corrected chi connectivity index (χ1v) is 7.32. The Morgan fingerprint density at radius 2 is 2.05 bits per heavy atom. The average molecular weight is 270 g/mol. The van der Waals surface area contributed by atoms with Crippen LogP contribution in [0.5, 0.6) is 0 Å². The molecule has 0 saturated heterocycles. The molecular weight excluding hydrogens is 248 g/mol. The Labute approximate surface area is 120 Å². The fraction of sp³-hybridized carbons (Fsp3) is 0.412. The normalized spacial score (nSPS) is 10.7. The number of benzene rings is 1. The van der Waals surface area contributed by atoms with Crippen molar-refractivity contribution < 1.29 is 4.79 Å². The topological polar surface area (TPSA) is 42.0 Å². The van der Waals surface area contributed by atoms with Crippen LogP contribution in [0.4, 0.5) is 0 Å². The second-order valence-electron chi connectivity index (χ2n) is 5.23. The van der Waals surface area contributed by atoms with Crippen molar-refractivity contribution in [3.05, 3.63) is 41.6 Å². The lowest BCUT2D eigenvalue weighted by molar-refractivity contribution is -0.120. The summed E-state index contributed by atoms with van der Waals surface area (Å²) >= 11 is 0. The molecule has 106 valence electrons. The number of carbonyl (C=O) groups excluding carboxylic acids is 1. The van der Waals surface area contributed by atoms with Crippen LogP contribution in [0.2, 0.25) is 0 Å². The molecule has 0 bridgehead atoms. The van der Waals surface area contributed by atoms with Crippen LogP contribution in [0.25, 0.3) is 10.9 Å². The van der Waals surface area contributed by atoms with Crippen LogP contribution in [0.1, 0.15) is 37.4 Å². The van der Waals surface area contributed by atoms with Crippen molar-refractivity contribution in [2.75, 3.05) is 6.54 Å². The molecule has 2 rings (SSSR count). The van der Waals surface area contributed by atoms with Gasteiger partial charge in [-0.3, -0.25) is 9.78 Å². The van der Waals surface area contributed by atoms with E-state index < -0.39 is 0 Å². The third-order valence-electron chi connectivity index (χ3n) is 3.35. The van der Waals surface area contributed by atoms with E-state index in [4.69, 9.17) is 0 Å². The number of fused-ring (bicyclic) bond motifs is 1. The number of hydrogen-bond donors (Lipinski definition) is 1. The molecule has 3 nitrogen and oxygen atoms in total. The average Bonchev–Trinajstić information content (AvgIpc) is 2.44. The summed E-state index contributed by atoms with van der Waals surface area (Å²) in [5, 5.41) is 4.07. The zero-order valence-electron chi connectivity index (χ0n) is 12.3. The number of rotatable bonds is 6. The quantitative estimate of drug-likeness (QED) is 0.817. The second-order valence-corrected chi connectivity index (χ2v) is 5.23. The van der Waals surface area contributed by atoms with Crippen LogP contribution >= 0.6 is 0 Å². The van der Waals surface area contributed by atoms with Crippen molar-refractivity contribution in [1.82, 2.24) is 10.3 Å². The fourth-order valence-electron chi connectivity index (χ4n) is 2.22. The van der Waals surface area contributed by atoms with Crippen LogP contribution in [0.15, 0.2) is 30.3 Å². The number of aryl methyl sites for hydroxylation is 1. The molecule has 1 aromatic carbocycles. The largest absolute Gasteiger partial charge is 0.356 e. The Morgan fingerprint density at radius 3 is 2.85 bits per heavy atom. The molecule has 0 fully saturated rings. The molecule has 0 aliphatic heterocycles. The van der Waals surface area contributed by atoms with Crippen LogP contribution in [-0.2, 0) is 11.2 Å². The van der Waals surface area contributed by atoms with Crippen molar-refractivity contribution in [1.29, 1.82) is 0 Å². The van der Waals surface area contributed by atoms with Crippen LogP contribution in [0.3, 0.4) is 0 Å². The number of amides is 1. The molecule has 0 atom stereocenters. The predicted molar refractivity (Wildman–Crippen MR) is 82.7 cm³/mol. The number of nitrogens with zero attached hydrogens (tertiary/aromatic N) is 1. The zero-order chi connectivity index (χ0) is 14.4. The molecule has 20 heavy (non-hydrogen) atoms. The summed E-state index contributed by atoms with van der Waals surface area (Å²) in [4.78, 5) is 16.4. The number of hydrogen-bond acceptors (Lipinski definition) is 2. The van der Waals surface area contributed by atoms with Crippen LogP contribution < -0.4 is 5.32 Å².